The largest absolute Gasteiger partial charge is 0.384 e. The first-order chi connectivity index (χ1) is 5.54. The molecule has 70 valence electrons. The third-order valence-corrected chi connectivity index (χ3v) is 3.10. The summed E-state index contributed by atoms with van der Waals surface area (Å²) in [6.45, 7) is 0.295. The number of hydrogen-bond acceptors (Lipinski definition) is 3. The van der Waals surface area contributed by atoms with Crippen LogP contribution in [0.2, 0.25) is 0 Å². The average molecular weight is 191 g/mol. The molecule has 12 heavy (non-hydrogen) atoms. The van der Waals surface area contributed by atoms with E-state index in [-0.39, 0.29) is 18.9 Å². The summed E-state index contributed by atoms with van der Waals surface area (Å²) in [6, 6.07) is 0. The number of methoxy groups -OCH3 is 1. The van der Waals surface area contributed by atoms with Crippen LogP contribution >= 0.6 is 0 Å². The van der Waals surface area contributed by atoms with Gasteiger partial charge in [0.2, 0.25) is 10.0 Å². The number of hydrogen-bond donors (Lipinski definition) is 0. The van der Waals surface area contributed by atoms with Crippen molar-refractivity contribution < 1.29 is 13.2 Å². The summed E-state index contributed by atoms with van der Waals surface area (Å²) in [5, 5.41) is 0. The standard InChI is InChI=1S/C7H13NO3S/c1-4-5-8(2)12(9,10)7-6-11-3/h1H,5-7H2,2-3H3. The van der Waals surface area contributed by atoms with Crippen molar-refractivity contribution in [3.8, 4) is 12.3 Å². The fourth-order valence-electron chi connectivity index (χ4n) is 0.571. The van der Waals surface area contributed by atoms with Crippen LogP contribution in [0.4, 0.5) is 0 Å². The van der Waals surface area contributed by atoms with Gasteiger partial charge in [-0.3, -0.25) is 0 Å². The molecule has 0 fully saturated rings. The molecule has 0 radical (unpaired) electrons. The SMILES string of the molecule is C#CCN(C)S(=O)(=O)CCOC. The van der Waals surface area contributed by atoms with Gasteiger partial charge in [-0.05, 0) is 0 Å². The molecule has 0 N–H and O–H groups in total. The molecule has 0 aliphatic carbocycles. The normalized spacial score (nSPS) is 11.5. The maximum atomic E-state index is 11.2. The van der Waals surface area contributed by atoms with E-state index >= 15 is 0 Å². The first-order valence-electron chi connectivity index (χ1n) is 3.41. The van der Waals surface area contributed by atoms with E-state index in [1.807, 2.05) is 0 Å². The molecule has 0 spiro atoms. The predicted octanol–water partition coefficient (Wildman–Crippen LogP) is -0.472. The van der Waals surface area contributed by atoms with E-state index in [4.69, 9.17) is 6.42 Å². The molecule has 0 aromatic heterocycles. The van der Waals surface area contributed by atoms with Crippen LogP contribution in [0.1, 0.15) is 0 Å². The lowest BCUT2D eigenvalue weighted by molar-refractivity contribution is 0.216. The molecule has 0 bridgehead atoms. The number of rotatable bonds is 5. The quantitative estimate of drug-likeness (QED) is 0.552. The zero-order valence-electron chi connectivity index (χ0n) is 7.28. The van der Waals surface area contributed by atoms with Crippen LogP contribution in [-0.4, -0.2) is 45.8 Å². The summed E-state index contributed by atoms with van der Waals surface area (Å²) in [5.41, 5.74) is 0. The molecule has 0 rings (SSSR count). The van der Waals surface area contributed by atoms with Gasteiger partial charge in [-0.15, -0.1) is 6.42 Å². The highest BCUT2D eigenvalue weighted by Crippen LogP contribution is 1.96. The molecule has 0 heterocycles. The minimum atomic E-state index is -3.22. The van der Waals surface area contributed by atoms with Crippen molar-refractivity contribution in [3.05, 3.63) is 0 Å². The average Bonchev–Trinajstić information content (AvgIpc) is 2.01. The van der Waals surface area contributed by atoms with Crippen molar-refractivity contribution in [2.75, 3.05) is 33.1 Å². The molecule has 4 nitrogen and oxygen atoms in total. The fourth-order valence-corrected chi connectivity index (χ4v) is 1.53. The van der Waals surface area contributed by atoms with Gasteiger partial charge >= 0.3 is 0 Å². The second-order valence-electron chi connectivity index (χ2n) is 2.27. The van der Waals surface area contributed by atoms with Gasteiger partial charge in [0.1, 0.15) is 0 Å². The maximum absolute atomic E-state index is 11.2. The maximum Gasteiger partial charge on any atom is 0.216 e. The summed E-state index contributed by atoms with van der Waals surface area (Å²) in [5.74, 6) is 2.23. The van der Waals surface area contributed by atoms with Crippen LogP contribution < -0.4 is 0 Å². The van der Waals surface area contributed by atoms with Crippen molar-refractivity contribution in [3.63, 3.8) is 0 Å². The Kier molecular flexibility index (Phi) is 4.90. The molecular weight excluding hydrogens is 178 g/mol. The Morgan fingerprint density at radius 2 is 2.17 bits per heavy atom. The molecule has 0 amide bonds. The van der Waals surface area contributed by atoms with E-state index in [0.717, 1.165) is 4.31 Å². The molecule has 0 aliphatic heterocycles. The van der Waals surface area contributed by atoms with E-state index < -0.39 is 10.0 Å². The van der Waals surface area contributed by atoms with E-state index in [1.165, 1.54) is 14.2 Å². The van der Waals surface area contributed by atoms with Crippen LogP contribution in [0.25, 0.3) is 0 Å². The molecule has 0 saturated carbocycles. The van der Waals surface area contributed by atoms with Gasteiger partial charge in [0, 0.05) is 14.2 Å². The van der Waals surface area contributed by atoms with Crippen molar-refractivity contribution in [1.82, 2.24) is 4.31 Å². The Morgan fingerprint density at radius 3 is 2.58 bits per heavy atom. The van der Waals surface area contributed by atoms with Crippen LogP contribution in [0, 0.1) is 12.3 Å². The number of sulfonamides is 1. The smallest absolute Gasteiger partial charge is 0.216 e. The fraction of sp³-hybridized carbons (Fsp3) is 0.714. The van der Waals surface area contributed by atoms with Crippen LogP contribution in [-0.2, 0) is 14.8 Å². The molecule has 0 aromatic carbocycles. The highest BCUT2D eigenvalue weighted by atomic mass is 32.2. The van der Waals surface area contributed by atoms with Crippen LogP contribution in [0.5, 0.6) is 0 Å². The third kappa shape index (κ3) is 3.72. The molecule has 5 heteroatoms. The monoisotopic (exact) mass is 191 g/mol. The first kappa shape index (κ1) is 11.4. The number of ether oxygens (including phenoxy) is 1. The Morgan fingerprint density at radius 1 is 1.58 bits per heavy atom. The second-order valence-corrected chi connectivity index (χ2v) is 4.46. The van der Waals surface area contributed by atoms with Crippen molar-refractivity contribution in [2.24, 2.45) is 0 Å². The van der Waals surface area contributed by atoms with Gasteiger partial charge in [-0.2, -0.15) is 4.31 Å². The van der Waals surface area contributed by atoms with E-state index in [1.54, 1.807) is 0 Å². The van der Waals surface area contributed by atoms with Crippen LogP contribution in [0.3, 0.4) is 0 Å². The highest BCUT2D eigenvalue weighted by molar-refractivity contribution is 7.89. The summed E-state index contributed by atoms with van der Waals surface area (Å²) >= 11 is 0. The number of nitrogens with zero attached hydrogens (tertiary/aromatic N) is 1. The van der Waals surface area contributed by atoms with Crippen molar-refractivity contribution in [2.45, 2.75) is 0 Å². The zero-order chi connectivity index (χ0) is 9.61. The minimum absolute atomic E-state index is 0.0261. The highest BCUT2D eigenvalue weighted by Gasteiger charge is 2.15. The molecule has 0 saturated heterocycles. The predicted molar refractivity (Wildman–Crippen MR) is 47.1 cm³/mol. The first-order valence-corrected chi connectivity index (χ1v) is 5.02. The molecular formula is C7H13NO3S. The lowest BCUT2D eigenvalue weighted by Gasteiger charge is -2.13. The van der Waals surface area contributed by atoms with Gasteiger partial charge in [-0.25, -0.2) is 8.42 Å². The molecule has 0 aromatic rings. The van der Waals surface area contributed by atoms with E-state index in [0.29, 0.717) is 0 Å². The van der Waals surface area contributed by atoms with Gasteiger partial charge in [0.25, 0.3) is 0 Å². The van der Waals surface area contributed by atoms with E-state index in [9.17, 15) is 8.42 Å². The Balaban J connectivity index is 4.12. The minimum Gasteiger partial charge on any atom is -0.384 e. The van der Waals surface area contributed by atoms with Crippen molar-refractivity contribution >= 4 is 10.0 Å². The third-order valence-electron chi connectivity index (χ3n) is 1.33. The van der Waals surface area contributed by atoms with Gasteiger partial charge in [-0.1, -0.05) is 5.92 Å². The second kappa shape index (κ2) is 5.14. The van der Waals surface area contributed by atoms with Gasteiger partial charge < -0.3 is 4.74 Å². The molecule has 0 atom stereocenters. The van der Waals surface area contributed by atoms with E-state index in [2.05, 4.69) is 10.7 Å². The lowest BCUT2D eigenvalue weighted by atomic mass is 10.7. The summed E-state index contributed by atoms with van der Waals surface area (Å²) in [7, 11) is -0.314. The Bertz CT molecular complexity index is 252. The zero-order valence-corrected chi connectivity index (χ0v) is 8.10. The Labute approximate surface area is 73.6 Å². The topological polar surface area (TPSA) is 46.6 Å². The molecule has 0 unspecified atom stereocenters. The Hall–Kier alpha value is -0.570. The van der Waals surface area contributed by atoms with Gasteiger partial charge in [0.15, 0.2) is 0 Å². The van der Waals surface area contributed by atoms with Gasteiger partial charge in [0.05, 0.1) is 18.9 Å². The summed E-state index contributed by atoms with van der Waals surface area (Å²) in [6.07, 6.45) is 4.97. The van der Waals surface area contributed by atoms with Crippen LogP contribution in [0.15, 0.2) is 0 Å². The lowest BCUT2D eigenvalue weighted by Crippen LogP contribution is -2.31. The summed E-state index contributed by atoms with van der Waals surface area (Å²) in [4.78, 5) is 0. The number of terminal acetylenes is 1. The molecule has 0 aliphatic rings. The van der Waals surface area contributed by atoms with Crippen molar-refractivity contribution in [1.29, 1.82) is 0 Å². The summed E-state index contributed by atoms with van der Waals surface area (Å²) < 4.78 is 28.2.